The van der Waals surface area contributed by atoms with E-state index in [1.165, 1.54) is 13.5 Å². The van der Waals surface area contributed by atoms with Gasteiger partial charge in [-0.1, -0.05) is 19.8 Å². The summed E-state index contributed by atoms with van der Waals surface area (Å²) in [6.45, 7) is 2.86. The van der Waals surface area contributed by atoms with Crippen LogP contribution in [0, 0.1) is 5.92 Å². The molecule has 0 radical (unpaired) electrons. The molecule has 4 nitrogen and oxygen atoms in total. The lowest BCUT2D eigenvalue weighted by atomic mass is 9.76. The van der Waals surface area contributed by atoms with Gasteiger partial charge in [-0.2, -0.15) is 0 Å². The fourth-order valence-electron chi connectivity index (χ4n) is 2.47. The molecule has 0 bridgehead atoms. The Morgan fingerprint density at radius 2 is 2.40 bits per heavy atom. The van der Waals surface area contributed by atoms with Crippen LogP contribution >= 0.6 is 0 Å². The van der Waals surface area contributed by atoms with Gasteiger partial charge in [0.05, 0.1) is 5.54 Å². The van der Waals surface area contributed by atoms with Crippen LogP contribution in [0.3, 0.4) is 0 Å². The molecule has 1 rings (SSSR count). The smallest absolute Gasteiger partial charge is 0.246 e. The Morgan fingerprint density at radius 3 is 2.93 bits per heavy atom. The Hall–Kier alpha value is -0.610. The van der Waals surface area contributed by atoms with Crippen molar-refractivity contribution >= 4 is 5.91 Å². The van der Waals surface area contributed by atoms with Gasteiger partial charge < -0.3 is 15.8 Å². The standard InChI is InChI=1S/C11H22N2O2/c1-9-4-3-5-11(6-9,8-12)13-10(14)7-15-2/h9H,3-8,12H2,1-2H3,(H,13,14). The van der Waals surface area contributed by atoms with Crippen LogP contribution in [0.4, 0.5) is 0 Å². The third-order valence-electron chi connectivity index (χ3n) is 3.16. The summed E-state index contributed by atoms with van der Waals surface area (Å²) in [5, 5.41) is 3.02. The second-order valence-electron chi connectivity index (χ2n) is 4.67. The van der Waals surface area contributed by atoms with Gasteiger partial charge in [-0.25, -0.2) is 0 Å². The lowest BCUT2D eigenvalue weighted by molar-refractivity contribution is -0.127. The highest BCUT2D eigenvalue weighted by molar-refractivity contribution is 5.78. The molecule has 0 saturated heterocycles. The first-order valence-electron chi connectivity index (χ1n) is 5.62. The number of rotatable bonds is 4. The van der Waals surface area contributed by atoms with E-state index in [9.17, 15) is 4.79 Å². The molecule has 1 aliphatic rings. The van der Waals surface area contributed by atoms with Gasteiger partial charge in [0.2, 0.25) is 5.91 Å². The van der Waals surface area contributed by atoms with Crippen LogP contribution in [0.1, 0.15) is 32.6 Å². The number of nitrogens with one attached hydrogen (secondary N) is 1. The molecule has 0 aliphatic heterocycles. The minimum atomic E-state index is -0.187. The summed E-state index contributed by atoms with van der Waals surface area (Å²) in [6, 6.07) is 0. The van der Waals surface area contributed by atoms with E-state index in [4.69, 9.17) is 10.5 Å². The van der Waals surface area contributed by atoms with Crippen molar-refractivity contribution in [1.82, 2.24) is 5.32 Å². The summed E-state index contributed by atoms with van der Waals surface area (Å²) in [5.74, 6) is 0.585. The molecular weight excluding hydrogens is 192 g/mol. The van der Waals surface area contributed by atoms with Crippen LogP contribution < -0.4 is 11.1 Å². The highest BCUT2D eigenvalue weighted by Gasteiger charge is 2.34. The van der Waals surface area contributed by atoms with Gasteiger partial charge in [0, 0.05) is 13.7 Å². The maximum absolute atomic E-state index is 11.5. The number of hydrogen-bond acceptors (Lipinski definition) is 3. The molecule has 15 heavy (non-hydrogen) atoms. The van der Waals surface area contributed by atoms with E-state index < -0.39 is 0 Å². The monoisotopic (exact) mass is 214 g/mol. The van der Waals surface area contributed by atoms with Crippen molar-refractivity contribution in [2.75, 3.05) is 20.3 Å². The first-order valence-corrected chi connectivity index (χ1v) is 5.62. The normalized spacial score (nSPS) is 31.3. The Bertz CT molecular complexity index is 221. The first-order chi connectivity index (χ1) is 7.12. The minimum absolute atomic E-state index is 0.0583. The number of ether oxygens (including phenoxy) is 1. The van der Waals surface area contributed by atoms with Crippen LogP contribution in [-0.4, -0.2) is 31.7 Å². The van der Waals surface area contributed by atoms with Gasteiger partial charge in [-0.05, 0) is 18.8 Å². The van der Waals surface area contributed by atoms with E-state index in [-0.39, 0.29) is 18.1 Å². The van der Waals surface area contributed by atoms with E-state index in [0.717, 1.165) is 19.3 Å². The average Bonchev–Trinajstić information content (AvgIpc) is 2.18. The van der Waals surface area contributed by atoms with E-state index in [2.05, 4.69) is 12.2 Å². The zero-order chi connectivity index (χ0) is 11.3. The molecule has 4 heteroatoms. The number of hydrogen-bond donors (Lipinski definition) is 2. The molecule has 0 aromatic carbocycles. The second kappa shape index (κ2) is 5.47. The first kappa shape index (κ1) is 12.5. The van der Waals surface area contributed by atoms with Crippen molar-refractivity contribution in [1.29, 1.82) is 0 Å². The van der Waals surface area contributed by atoms with Crippen molar-refractivity contribution in [2.45, 2.75) is 38.1 Å². The maximum Gasteiger partial charge on any atom is 0.246 e. The highest BCUT2D eigenvalue weighted by Crippen LogP contribution is 2.31. The summed E-state index contributed by atoms with van der Waals surface area (Å²) in [5.41, 5.74) is 5.60. The third-order valence-corrected chi connectivity index (χ3v) is 3.16. The molecule has 0 aromatic heterocycles. The average molecular weight is 214 g/mol. The lowest BCUT2D eigenvalue weighted by Crippen LogP contribution is -2.56. The Balaban J connectivity index is 2.55. The van der Waals surface area contributed by atoms with Crippen LogP contribution in [-0.2, 0) is 9.53 Å². The zero-order valence-electron chi connectivity index (χ0n) is 9.71. The molecule has 88 valence electrons. The van der Waals surface area contributed by atoms with Crippen molar-refractivity contribution in [3.8, 4) is 0 Å². The fourth-order valence-corrected chi connectivity index (χ4v) is 2.47. The van der Waals surface area contributed by atoms with E-state index >= 15 is 0 Å². The molecule has 3 N–H and O–H groups in total. The van der Waals surface area contributed by atoms with Crippen LogP contribution in [0.5, 0.6) is 0 Å². The van der Waals surface area contributed by atoms with Crippen LogP contribution in [0.2, 0.25) is 0 Å². The molecule has 1 amide bonds. The summed E-state index contributed by atoms with van der Waals surface area (Å²) in [6.07, 6.45) is 4.36. The summed E-state index contributed by atoms with van der Waals surface area (Å²) >= 11 is 0. The molecule has 0 spiro atoms. The van der Waals surface area contributed by atoms with Crippen LogP contribution in [0.25, 0.3) is 0 Å². The molecular formula is C11H22N2O2. The number of carbonyl (C=O) groups excluding carboxylic acids is 1. The molecule has 1 saturated carbocycles. The molecule has 2 atom stereocenters. The molecule has 0 aromatic rings. The van der Waals surface area contributed by atoms with Gasteiger partial charge in [0.15, 0.2) is 0 Å². The number of methoxy groups -OCH3 is 1. The molecule has 0 heterocycles. The van der Waals surface area contributed by atoms with Gasteiger partial charge >= 0.3 is 0 Å². The number of amides is 1. The number of carbonyl (C=O) groups is 1. The molecule has 1 aliphatic carbocycles. The van der Waals surface area contributed by atoms with Crippen molar-refractivity contribution in [2.24, 2.45) is 11.7 Å². The van der Waals surface area contributed by atoms with Gasteiger partial charge in [-0.15, -0.1) is 0 Å². The summed E-state index contributed by atoms with van der Waals surface area (Å²) in [4.78, 5) is 11.5. The van der Waals surface area contributed by atoms with Crippen molar-refractivity contribution in [3.05, 3.63) is 0 Å². The SMILES string of the molecule is COCC(=O)NC1(CN)CCCC(C)C1. The Labute approximate surface area is 91.5 Å². The fraction of sp³-hybridized carbons (Fsp3) is 0.909. The van der Waals surface area contributed by atoms with Crippen LogP contribution in [0.15, 0.2) is 0 Å². The predicted octanol–water partition coefficient (Wildman–Crippen LogP) is 0.657. The Kier molecular flexibility index (Phi) is 4.54. The van der Waals surface area contributed by atoms with Crippen molar-refractivity contribution in [3.63, 3.8) is 0 Å². The third kappa shape index (κ3) is 3.47. The highest BCUT2D eigenvalue weighted by atomic mass is 16.5. The van der Waals surface area contributed by atoms with Gasteiger partial charge in [-0.3, -0.25) is 4.79 Å². The van der Waals surface area contributed by atoms with E-state index in [1.807, 2.05) is 0 Å². The van der Waals surface area contributed by atoms with Gasteiger partial charge in [0.25, 0.3) is 0 Å². The quantitative estimate of drug-likeness (QED) is 0.722. The van der Waals surface area contributed by atoms with Gasteiger partial charge in [0.1, 0.15) is 6.61 Å². The largest absolute Gasteiger partial charge is 0.375 e. The summed E-state index contributed by atoms with van der Waals surface area (Å²) < 4.78 is 4.81. The lowest BCUT2D eigenvalue weighted by Gasteiger charge is -2.39. The minimum Gasteiger partial charge on any atom is -0.375 e. The van der Waals surface area contributed by atoms with E-state index in [0.29, 0.717) is 12.5 Å². The number of nitrogens with two attached hydrogens (primary N) is 1. The van der Waals surface area contributed by atoms with E-state index in [1.54, 1.807) is 0 Å². The second-order valence-corrected chi connectivity index (χ2v) is 4.67. The molecule has 2 unspecified atom stereocenters. The maximum atomic E-state index is 11.5. The molecule has 1 fully saturated rings. The Morgan fingerprint density at radius 1 is 1.67 bits per heavy atom. The van der Waals surface area contributed by atoms with Crippen molar-refractivity contribution < 1.29 is 9.53 Å². The topological polar surface area (TPSA) is 64.3 Å². The summed E-state index contributed by atoms with van der Waals surface area (Å²) in [7, 11) is 1.53. The predicted molar refractivity (Wildman–Crippen MR) is 59.4 cm³/mol. The zero-order valence-corrected chi connectivity index (χ0v) is 9.71.